The molecule has 0 saturated heterocycles. The highest BCUT2D eigenvalue weighted by molar-refractivity contribution is 9.10. The van der Waals surface area contributed by atoms with Crippen LogP contribution in [0.25, 0.3) is 22.2 Å². The number of fused-ring (bicyclic) bond motifs is 1. The number of carbonyl (C=O) groups is 1. The Labute approximate surface area is 175 Å². The van der Waals surface area contributed by atoms with Gasteiger partial charge in [-0.3, -0.25) is 9.78 Å². The number of benzene rings is 2. The fourth-order valence-electron chi connectivity index (χ4n) is 2.73. The highest BCUT2D eigenvalue weighted by Gasteiger charge is 2.07. The number of aromatic nitrogens is 1. The molecule has 1 N–H and O–H groups in total. The molecule has 4 aromatic rings. The van der Waals surface area contributed by atoms with Gasteiger partial charge in [-0.15, -0.1) is 0 Å². The number of nitrogens with one attached hydrogen (secondary N) is 1. The Morgan fingerprint density at radius 1 is 1.10 bits per heavy atom. The number of ether oxygens (including phenoxy) is 1. The number of nitrogens with zero attached hydrogens (tertiary/aromatic N) is 2. The van der Waals surface area contributed by atoms with Gasteiger partial charge in [0, 0.05) is 21.6 Å². The molecular weight excluding hydrogens is 434 g/mol. The molecule has 144 valence electrons. The number of pyridine rings is 1. The number of amides is 1. The highest BCUT2D eigenvalue weighted by Crippen LogP contribution is 2.24. The van der Waals surface area contributed by atoms with Crippen molar-refractivity contribution in [3.05, 3.63) is 83.2 Å². The van der Waals surface area contributed by atoms with Crippen LogP contribution in [0.2, 0.25) is 0 Å². The number of furan rings is 1. The standard InChI is InChI=1S/C22H16BrN3O3/c23-17-8-6-15(7-9-17)19-11-10-18(29-19)13-25-26-21(27)14-28-20-5-1-3-16-4-2-12-24-22(16)20/h1-13H,14H2,(H,26,27)/b25-13-. The van der Waals surface area contributed by atoms with Crippen LogP contribution in [0.15, 0.2) is 86.9 Å². The van der Waals surface area contributed by atoms with Gasteiger partial charge in [-0.2, -0.15) is 5.10 Å². The topological polar surface area (TPSA) is 76.7 Å². The predicted octanol–water partition coefficient (Wildman–Crippen LogP) is 4.79. The lowest BCUT2D eigenvalue weighted by atomic mass is 10.2. The molecule has 0 aliphatic carbocycles. The molecule has 0 unspecified atom stereocenters. The van der Waals surface area contributed by atoms with Crippen LogP contribution < -0.4 is 10.2 Å². The first-order valence-electron chi connectivity index (χ1n) is 8.83. The molecule has 1 amide bonds. The average Bonchev–Trinajstić information content (AvgIpc) is 3.21. The van der Waals surface area contributed by atoms with Crippen LogP contribution >= 0.6 is 15.9 Å². The van der Waals surface area contributed by atoms with Gasteiger partial charge in [-0.1, -0.05) is 46.3 Å². The molecule has 4 rings (SSSR count). The van der Waals surface area contributed by atoms with Crippen molar-refractivity contribution >= 4 is 39.0 Å². The Balaban J connectivity index is 1.32. The minimum absolute atomic E-state index is 0.171. The molecule has 7 heteroatoms. The number of rotatable bonds is 6. The van der Waals surface area contributed by atoms with Gasteiger partial charge in [-0.05, 0) is 36.4 Å². The molecule has 0 radical (unpaired) electrons. The van der Waals surface area contributed by atoms with Gasteiger partial charge in [0.1, 0.15) is 22.8 Å². The van der Waals surface area contributed by atoms with E-state index in [1.165, 1.54) is 6.21 Å². The van der Waals surface area contributed by atoms with Crippen molar-refractivity contribution in [1.82, 2.24) is 10.4 Å². The van der Waals surface area contributed by atoms with E-state index in [0.29, 0.717) is 17.0 Å². The second kappa shape index (κ2) is 8.70. The fraction of sp³-hybridized carbons (Fsp3) is 0.0455. The summed E-state index contributed by atoms with van der Waals surface area (Å²) in [5.74, 6) is 1.42. The summed E-state index contributed by atoms with van der Waals surface area (Å²) < 4.78 is 12.3. The van der Waals surface area contributed by atoms with Crippen molar-refractivity contribution in [3.8, 4) is 17.1 Å². The summed E-state index contributed by atoms with van der Waals surface area (Å²) >= 11 is 3.40. The zero-order chi connectivity index (χ0) is 20.1. The van der Waals surface area contributed by atoms with Gasteiger partial charge in [-0.25, -0.2) is 5.43 Å². The molecule has 0 fully saturated rings. The van der Waals surface area contributed by atoms with Gasteiger partial charge in [0.05, 0.1) is 6.21 Å². The Morgan fingerprint density at radius 2 is 1.93 bits per heavy atom. The monoisotopic (exact) mass is 449 g/mol. The van der Waals surface area contributed by atoms with Crippen molar-refractivity contribution in [2.24, 2.45) is 5.10 Å². The Morgan fingerprint density at radius 3 is 2.79 bits per heavy atom. The van der Waals surface area contributed by atoms with E-state index in [1.54, 1.807) is 18.3 Å². The van der Waals surface area contributed by atoms with E-state index in [1.807, 2.05) is 54.6 Å². The number of hydrogen-bond donors (Lipinski definition) is 1. The maximum Gasteiger partial charge on any atom is 0.277 e. The third kappa shape index (κ3) is 4.70. The van der Waals surface area contributed by atoms with E-state index in [2.05, 4.69) is 31.4 Å². The molecule has 2 aromatic heterocycles. The molecule has 0 aliphatic rings. The summed E-state index contributed by atoms with van der Waals surface area (Å²) in [7, 11) is 0. The van der Waals surface area contributed by atoms with E-state index in [0.717, 1.165) is 21.2 Å². The molecular formula is C22H16BrN3O3. The highest BCUT2D eigenvalue weighted by atomic mass is 79.9. The lowest BCUT2D eigenvalue weighted by Crippen LogP contribution is -2.24. The van der Waals surface area contributed by atoms with Crippen LogP contribution in [0, 0.1) is 0 Å². The average molecular weight is 450 g/mol. The Kier molecular flexibility index (Phi) is 5.67. The summed E-state index contributed by atoms with van der Waals surface area (Å²) in [4.78, 5) is 16.3. The number of carbonyl (C=O) groups excluding carboxylic acids is 1. The number of hydrogen-bond acceptors (Lipinski definition) is 5. The van der Waals surface area contributed by atoms with E-state index in [9.17, 15) is 4.79 Å². The predicted molar refractivity (Wildman–Crippen MR) is 115 cm³/mol. The maximum atomic E-state index is 12.0. The van der Waals surface area contributed by atoms with Gasteiger partial charge >= 0.3 is 0 Å². The van der Waals surface area contributed by atoms with Crippen molar-refractivity contribution in [2.75, 3.05) is 6.61 Å². The van der Waals surface area contributed by atoms with E-state index < -0.39 is 0 Å². The van der Waals surface area contributed by atoms with Crippen LogP contribution in [0.4, 0.5) is 0 Å². The fourth-order valence-corrected chi connectivity index (χ4v) is 2.99. The maximum absolute atomic E-state index is 12.0. The van der Waals surface area contributed by atoms with Gasteiger partial charge < -0.3 is 9.15 Å². The van der Waals surface area contributed by atoms with E-state index >= 15 is 0 Å². The summed E-state index contributed by atoms with van der Waals surface area (Å²) in [6, 6.07) is 20.8. The molecule has 29 heavy (non-hydrogen) atoms. The summed E-state index contributed by atoms with van der Waals surface area (Å²) in [6.45, 7) is -0.171. The van der Waals surface area contributed by atoms with Gasteiger partial charge in [0.15, 0.2) is 6.61 Å². The Hall–Kier alpha value is -3.45. The normalized spacial score (nSPS) is 11.1. The first-order valence-corrected chi connectivity index (χ1v) is 9.62. The number of hydrazone groups is 1. The summed E-state index contributed by atoms with van der Waals surface area (Å²) in [5, 5.41) is 4.86. The largest absolute Gasteiger partial charge is 0.481 e. The minimum atomic E-state index is -0.381. The first kappa shape index (κ1) is 18.9. The smallest absolute Gasteiger partial charge is 0.277 e. The quantitative estimate of drug-likeness (QED) is 0.339. The SMILES string of the molecule is O=C(COc1cccc2cccnc12)N/N=C\c1ccc(-c2ccc(Br)cc2)o1. The summed E-state index contributed by atoms with van der Waals surface area (Å²) in [6.07, 6.45) is 3.13. The molecule has 2 heterocycles. The van der Waals surface area contributed by atoms with Gasteiger partial charge in [0.2, 0.25) is 0 Å². The molecule has 6 nitrogen and oxygen atoms in total. The van der Waals surface area contributed by atoms with E-state index in [4.69, 9.17) is 9.15 Å². The minimum Gasteiger partial charge on any atom is -0.481 e. The van der Waals surface area contributed by atoms with Crippen LogP contribution in [-0.4, -0.2) is 23.7 Å². The zero-order valence-electron chi connectivity index (χ0n) is 15.2. The number of halogens is 1. The number of para-hydroxylation sites is 1. The molecule has 0 bridgehead atoms. The lowest BCUT2D eigenvalue weighted by molar-refractivity contribution is -0.123. The molecule has 0 atom stereocenters. The van der Waals surface area contributed by atoms with Crippen molar-refractivity contribution in [3.63, 3.8) is 0 Å². The first-order chi connectivity index (χ1) is 14.2. The third-order valence-corrected chi connectivity index (χ3v) is 4.62. The molecule has 2 aromatic carbocycles. The molecule has 0 aliphatic heterocycles. The van der Waals surface area contributed by atoms with E-state index in [-0.39, 0.29) is 12.5 Å². The Bertz CT molecular complexity index is 1160. The van der Waals surface area contributed by atoms with Crippen molar-refractivity contribution < 1.29 is 13.9 Å². The van der Waals surface area contributed by atoms with Crippen LogP contribution in [0.3, 0.4) is 0 Å². The van der Waals surface area contributed by atoms with Crippen molar-refractivity contribution in [2.45, 2.75) is 0 Å². The second-order valence-electron chi connectivity index (χ2n) is 6.12. The van der Waals surface area contributed by atoms with Crippen LogP contribution in [0.1, 0.15) is 5.76 Å². The summed E-state index contributed by atoms with van der Waals surface area (Å²) in [5.41, 5.74) is 4.09. The van der Waals surface area contributed by atoms with Crippen LogP contribution in [-0.2, 0) is 4.79 Å². The second-order valence-corrected chi connectivity index (χ2v) is 7.04. The third-order valence-electron chi connectivity index (χ3n) is 4.09. The molecule has 0 spiro atoms. The zero-order valence-corrected chi connectivity index (χ0v) is 16.8. The molecule has 0 saturated carbocycles. The van der Waals surface area contributed by atoms with Gasteiger partial charge in [0.25, 0.3) is 5.91 Å². The lowest BCUT2D eigenvalue weighted by Gasteiger charge is -2.07. The van der Waals surface area contributed by atoms with Crippen molar-refractivity contribution in [1.29, 1.82) is 0 Å². The van der Waals surface area contributed by atoms with Crippen LogP contribution in [0.5, 0.6) is 5.75 Å².